The molecule has 2 rings (SSSR count). The Hall–Kier alpha value is -2.08. The number of rotatable bonds is 8. The molecule has 0 aliphatic carbocycles. The molecule has 6 nitrogen and oxygen atoms in total. The minimum Gasteiger partial charge on any atom is -0.481 e. The van der Waals surface area contributed by atoms with Gasteiger partial charge in [-0.1, -0.05) is 18.2 Å². The van der Waals surface area contributed by atoms with Crippen molar-refractivity contribution < 1.29 is 14.7 Å². The van der Waals surface area contributed by atoms with E-state index >= 15 is 0 Å². The average Bonchev–Trinajstić information content (AvgIpc) is 3.01. The van der Waals surface area contributed by atoms with Gasteiger partial charge in [0, 0.05) is 32.4 Å². The Morgan fingerprint density at radius 3 is 2.74 bits per heavy atom. The Balaban J connectivity index is 1.59. The Morgan fingerprint density at radius 1 is 1.35 bits per heavy atom. The Labute approximate surface area is 137 Å². The van der Waals surface area contributed by atoms with E-state index in [0.29, 0.717) is 26.1 Å². The van der Waals surface area contributed by atoms with Crippen LogP contribution in [-0.2, 0) is 9.59 Å². The van der Waals surface area contributed by atoms with Gasteiger partial charge in [0.15, 0.2) is 0 Å². The summed E-state index contributed by atoms with van der Waals surface area (Å²) in [5, 5.41) is 11.9. The molecule has 1 fully saturated rings. The smallest absolute Gasteiger partial charge is 0.307 e. The third-order valence-corrected chi connectivity index (χ3v) is 4.18. The van der Waals surface area contributed by atoms with Gasteiger partial charge < -0.3 is 15.3 Å². The molecule has 1 aromatic carbocycles. The van der Waals surface area contributed by atoms with E-state index in [-0.39, 0.29) is 18.4 Å². The molecule has 1 atom stereocenters. The van der Waals surface area contributed by atoms with Gasteiger partial charge in [-0.15, -0.1) is 0 Å². The number of hydrogen-bond acceptors (Lipinski definition) is 4. The molecule has 1 unspecified atom stereocenters. The number of anilines is 1. The lowest BCUT2D eigenvalue weighted by Crippen LogP contribution is -2.37. The fourth-order valence-corrected chi connectivity index (χ4v) is 2.79. The number of carbonyl (C=O) groups excluding carboxylic acids is 1. The molecule has 1 amide bonds. The first-order valence-corrected chi connectivity index (χ1v) is 8.04. The minimum absolute atomic E-state index is 0.0293. The number of carboxylic acids is 1. The van der Waals surface area contributed by atoms with Gasteiger partial charge in [-0.2, -0.15) is 0 Å². The standard InChI is InChI=1S/C17H25N3O3/c1-19(15-6-3-2-4-7-15)10-5-9-18-16(21)13-20-11-8-14(12-20)17(22)23/h2-4,6-7,14H,5,8-13H2,1H3,(H,18,21)(H,22,23). The number of carbonyl (C=O) groups is 2. The number of aliphatic carboxylic acids is 1. The van der Waals surface area contributed by atoms with Gasteiger partial charge in [0.25, 0.3) is 0 Å². The number of nitrogens with one attached hydrogen (secondary N) is 1. The van der Waals surface area contributed by atoms with Crippen LogP contribution in [0.2, 0.25) is 0 Å². The van der Waals surface area contributed by atoms with Crippen LogP contribution in [0, 0.1) is 5.92 Å². The molecular weight excluding hydrogens is 294 g/mol. The highest BCUT2D eigenvalue weighted by Crippen LogP contribution is 2.15. The zero-order valence-corrected chi connectivity index (χ0v) is 13.6. The van der Waals surface area contributed by atoms with Crippen molar-refractivity contribution in [1.82, 2.24) is 10.2 Å². The second-order valence-corrected chi connectivity index (χ2v) is 6.02. The SMILES string of the molecule is CN(CCCNC(=O)CN1CCC(C(=O)O)C1)c1ccccc1. The first kappa shape index (κ1) is 17.3. The number of likely N-dealkylation sites (tertiary alicyclic amines) is 1. The highest BCUT2D eigenvalue weighted by molar-refractivity contribution is 5.78. The van der Waals surface area contributed by atoms with Gasteiger partial charge >= 0.3 is 5.97 Å². The number of hydrogen-bond donors (Lipinski definition) is 2. The molecule has 0 saturated carbocycles. The lowest BCUT2D eigenvalue weighted by molar-refractivity contribution is -0.141. The van der Waals surface area contributed by atoms with Crippen molar-refractivity contribution in [2.75, 3.05) is 44.7 Å². The topological polar surface area (TPSA) is 72.9 Å². The first-order chi connectivity index (χ1) is 11.1. The predicted octanol–water partition coefficient (Wildman–Crippen LogP) is 1.04. The van der Waals surface area contributed by atoms with Crippen LogP contribution in [0.15, 0.2) is 30.3 Å². The highest BCUT2D eigenvalue weighted by Gasteiger charge is 2.28. The molecule has 6 heteroatoms. The minimum atomic E-state index is -0.767. The average molecular weight is 319 g/mol. The second kappa shape index (κ2) is 8.53. The quantitative estimate of drug-likeness (QED) is 0.700. The van der Waals surface area contributed by atoms with Crippen molar-refractivity contribution in [3.63, 3.8) is 0 Å². The summed E-state index contributed by atoms with van der Waals surface area (Å²) in [7, 11) is 2.04. The summed E-state index contributed by atoms with van der Waals surface area (Å²) in [5.41, 5.74) is 1.16. The Bertz CT molecular complexity index is 521. The van der Waals surface area contributed by atoms with Crippen molar-refractivity contribution in [1.29, 1.82) is 0 Å². The van der Waals surface area contributed by atoms with Crippen molar-refractivity contribution in [2.24, 2.45) is 5.92 Å². The van der Waals surface area contributed by atoms with E-state index in [0.717, 1.165) is 18.7 Å². The normalized spacial score (nSPS) is 17.9. The van der Waals surface area contributed by atoms with Crippen LogP contribution in [0.5, 0.6) is 0 Å². The van der Waals surface area contributed by atoms with Crippen molar-refractivity contribution >= 4 is 17.6 Å². The molecule has 0 aromatic heterocycles. The van der Waals surface area contributed by atoms with Crippen LogP contribution in [-0.4, -0.2) is 61.7 Å². The molecule has 0 spiro atoms. The number of carboxylic acid groups (broad SMARTS) is 1. The fourth-order valence-electron chi connectivity index (χ4n) is 2.79. The van der Waals surface area contributed by atoms with Gasteiger partial charge in [0.2, 0.25) is 5.91 Å². The van der Waals surface area contributed by atoms with Gasteiger partial charge in [-0.25, -0.2) is 0 Å². The summed E-state index contributed by atoms with van der Waals surface area (Å²) in [6.45, 7) is 2.94. The molecule has 2 N–H and O–H groups in total. The van der Waals surface area contributed by atoms with E-state index in [1.807, 2.05) is 30.1 Å². The lowest BCUT2D eigenvalue weighted by atomic mass is 10.1. The highest BCUT2D eigenvalue weighted by atomic mass is 16.4. The maximum atomic E-state index is 11.9. The third-order valence-electron chi connectivity index (χ3n) is 4.18. The van der Waals surface area contributed by atoms with Crippen LogP contribution in [0.25, 0.3) is 0 Å². The maximum Gasteiger partial charge on any atom is 0.307 e. The molecule has 126 valence electrons. The second-order valence-electron chi connectivity index (χ2n) is 6.02. The maximum absolute atomic E-state index is 11.9. The van der Waals surface area contributed by atoms with Gasteiger partial charge in [-0.05, 0) is 31.5 Å². The van der Waals surface area contributed by atoms with E-state index in [2.05, 4.69) is 22.3 Å². The first-order valence-electron chi connectivity index (χ1n) is 8.04. The molecule has 1 aromatic rings. The predicted molar refractivity (Wildman–Crippen MR) is 89.5 cm³/mol. The van der Waals surface area contributed by atoms with E-state index in [4.69, 9.17) is 5.11 Å². The van der Waals surface area contributed by atoms with Crippen LogP contribution >= 0.6 is 0 Å². The largest absolute Gasteiger partial charge is 0.481 e. The van der Waals surface area contributed by atoms with Gasteiger partial charge in [0.05, 0.1) is 12.5 Å². The fraction of sp³-hybridized carbons (Fsp3) is 0.529. The number of benzene rings is 1. The lowest BCUT2D eigenvalue weighted by Gasteiger charge is -2.19. The Morgan fingerprint density at radius 2 is 2.09 bits per heavy atom. The zero-order valence-electron chi connectivity index (χ0n) is 13.6. The summed E-state index contributed by atoms with van der Waals surface area (Å²) < 4.78 is 0. The van der Waals surface area contributed by atoms with Gasteiger partial charge in [0.1, 0.15) is 0 Å². The number of amides is 1. The van der Waals surface area contributed by atoms with Gasteiger partial charge in [-0.3, -0.25) is 14.5 Å². The van der Waals surface area contributed by atoms with Crippen molar-refractivity contribution in [2.45, 2.75) is 12.8 Å². The van der Waals surface area contributed by atoms with Crippen LogP contribution in [0.3, 0.4) is 0 Å². The Kier molecular flexibility index (Phi) is 6.40. The van der Waals surface area contributed by atoms with Crippen LogP contribution in [0.4, 0.5) is 5.69 Å². The summed E-state index contributed by atoms with van der Waals surface area (Å²) in [4.78, 5) is 26.8. The van der Waals surface area contributed by atoms with Crippen LogP contribution in [0.1, 0.15) is 12.8 Å². The number of nitrogens with zero attached hydrogens (tertiary/aromatic N) is 2. The molecular formula is C17H25N3O3. The molecule has 0 radical (unpaired) electrons. The molecule has 0 bridgehead atoms. The molecule has 1 aliphatic rings. The molecule has 1 saturated heterocycles. The zero-order chi connectivity index (χ0) is 16.7. The summed E-state index contributed by atoms with van der Waals surface area (Å²) in [6.07, 6.45) is 1.50. The van der Waals surface area contributed by atoms with Crippen LogP contribution < -0.4 is 10.2 Å². The van der Waals surface area contributed by atoms with E-state index in [9.17, 15) is 9.59 Å². The monoisotopic (exact) mass is 319 g/mol. The van der Waals surface area contributed by atoms with Crippen molar-refractivity contribution in [3.8, 4) is 0 Å². The number of para-hydroxylation sites is 1. The summed E-state index contributed by atoms with van der Waals surface area (Å²) in [6, 6.07) is 10.1. The van der Waals surface area contributed by atoms with E-state index in [1.165, 1.54) is 0 Å². The third kappa shape index (κ3) is 5.56. The molecule has 1 aliphatic heterocycles. The molecule has 23 heavy (non-hydrogen) atoms. The van der Waals surface area contributed by atoms with E-state index < -0.39 is 5.97 Å². The van der Waals surface area contributed by atoms with E-state index in [1.54, 1.807) is 0 Å². The summed E-state index contributed by atoms with van der Waals surface area (Å²) in [5.74, 6) is -1.13. The molecule has 1 heterocycles. The van der Waals surface area contributed by atoms with Crippen molar-refractivity contribution in [3.05, 3.63) is 30.3 Å². The summed E-state index contributed by atoms with van der Waals surface area (Å²) >= 11 is 0.